The van der Waals surface area contributed by atoms with Gasteiger partial charge < -0.3 is 5.11 Å². The van der Waals surface area contributed by atoms with E-state index in [1.54, 1.807) is 18.7 Å². The highest BCUT2D eigenvalue weighted by molar-refractivity contribution is 7.99. The number of hydrogen-bond acceptors (Lipinski definition) is 5. The number of hydrogen-bond donors (Lipinski definition) is 2. The summed E-state index contributed by atoms with van der Waals surface area (Å²) in [5.41, 5.74) is 0. The molecule has 1 unspecified atom stereocenters. The van der Waals surface area contributed by atoms with Crippen LogP contribution in [0.5, 0.6) is 0 Å². The lowest BCUT2D eigenvalue weighted by Crippen LogP contribution is -2.34. The van der Waals surface area contributed by atoms with Crippen LogP contribution in [0.2, 0.25) is 0 Å². The van der Waals surface area contributed by atoms with Crippen molar-refractivity contribution < 1.29 is 18.3 Å². The fourth-order valence-corrected chi connectivity index (χ4v) is 3.34. The molecule has 0 aromatic carbocycles. The standard InChI is InChI=1S/C10H17N3O4S2/c1-3-18-7-8(2)12-19(16,17)9-4-11-13(5-9)6-10(14)15/h4-5,8,12H,3,6-7H2,1-2H3,(H,14,15). The number of carboxylic acid groups (broad SMARTS) is 1. The molecular weight excluding hydrogens is 290 g/mol. The van der Waals surface area contributed by atoms with Gasteiger partial charge in [0.1, 0.15) is 11.4 Å². The van der Waals surface area contributed by atoms with Crippen LogP contribution in [0, 0.1) is 0 Å². The molecule has 2 N–H and O–H groups in total. The van der Waals surface area contributed by atoms with Crippen molar-refractivity contribution in [2.45, 2.75) is 31.3 Å². The molecular formula is C10H17N3O4S2. The second kappa shape index (κ2) is 6.92. The summed E-state index contributed by atoms with van der Waals surface area (Å²) in [6.45, 7) is 3.42. The topological polar surface area (TPSA) is 101 Å². The Balaban J connectivity index is 2.71. The highest BCUT2D eigenvalue weighted by atomic mass is 32.2. The minimum absolute atomic E-state index is 0.0258. The molecule has 0 bridgehead atoms. The average Bonchev–Trinajstić information content (AvgIpc) is 2.74. The molecule has 19 heavy (non-hydrogen) atoms. The van der Waals surface area contributed by atoms with E-state index >= 15 is 0 Å². The maximum Gasteiger partial charge on any atom is 0.325 e. The molecule has 108 valence electrons. The Morgan fingerprint density at radius 3 is 2.89 bits per heavy atom. The van der Waals surface area contributed by atoms with Crippen LogP contribution < -0.4 is 4.72 Å². The molecule has 0 saturated heterocycles. The molecule has 1 rings (SSSR count). The number of thioether (sulfide) groups is 1. The quantitative estimate of drug-likeness (QED) is 0.720. The molecule has 7 nitrogen and oxygen atoms in total. The fraction of sp³-hybridized carbons (Fsp3) is 0.600. The van der Waals surface area contributed by atoms with Gasteiger partial charge in [-0.3, -0.25) is 9.48 Å². The molecule has 0 radical (unpaired) electrons. The van der Waals surface area contributed by atoms with Gasteiger partial charge in [0, 0.05) is 18.0 Å². The molecule has 1 heterocycles. The van der Waals surface area contributed by atoms with Gasteiger partial charge in [-0.1, -0.05) is 6.92 Å². The SMILES string of the molecule is CCSCC(C)NS(=O)(=O)c1cnn(CC(=O)O)c1. The zero-order valence-corrected chi connectivity index (χ0v) is 12.4. The Kier molecular flexibility index (Phi) is 5.83. The second-order valence-corrected chi connectivity index (χ2v) is 6.98. The van der Waals surface area contributed by atoms with Gasteiger partial charge in [-0.2, -0.15) is 16.9 Å². The molecule has 1 atom stereocenters. The van der Waals surface area contributed by atoms with Crippen molar-refractivity contribution in [3.05, 3.63) is 12.4 Å². The van der Waals surface area contributed by atoms with Crippen LogP contribution in [0.25, 0.3) is 0 Å². The molecule has 0 saturated carbocycles. The van der Waals surface area contributed by atoms with Gasteiger partial charge in [0.15, 0.2) is 0 Å². The molecule has 1 aromatic heterocycles. The summed E-state index contributed by atoms with van der Waals surface area (Å²) in [4.78, 5) is 10.5. The van der Waals surface area contributed by atoms with Crippen LogP contribution in [0.4, 0.5) is 0 Å². The molecule has 1 aromatic rings. The third kappa shape index (κ3) is 5.21. The number of nitrogens with zero attached hydrogens (tertiary/aromatic N) is 2. The number of nitrogens with one attached hydrogen (secondary N) is 1. The van der Waals surface area contributed by atoms with Gasteiger partial charge >= 0.3 is 5.97 Å². The van der Waals surface area contributed by atoms with Crippen LogP contribution in [-0.4, -0.2) is 46.8 Å². The van der Waals surface area contributed by atoms with E-state index in [0.717, 1.165) is 16.6 Å². The van der Waals surface area contributed by atoms with Crippen molar-refractivity contribution in [2.75, 3.05) is 11.5 Å². The first-order chi connectivity index (χ1) is 8.85. The number of carboxylic acids is 1. The third-order valence-corrected chi connectivity index (χ3v) is 4.83. The van der Waals surface area contributed by atoms with Gasteiger partial charge in [-0.15, -0.1) is 0 Å². The van der Waals surface area contributed by atoms with E-state index in [1.807, 2.05) is 6.92 Å². The Morgan fingerprint density at radius 2 is 2.32 bits per heavy atom. The van der Waals surface area contributed by atoms with Crippen LogP contribution in [0.3, 0.4) is 0 Å². The van der Waals surface area contributed by atoms with Crippen LogP contribution in [0.15, 0.2) is 17.3 Å². The predicted molar refractivity (Wildman–Crippen MR) is 72.6 cm³/mol. The smallest absolute Gasteiger partial charge is 0.325 e. The normalized spacial score (nSPS) is 13.4. The number of rotatable bonds is 8. The first-order valence-electron chi connectivity index (χ1n) is 5.69. The first kappa shape index (κ1) is 16.0. The van der Waals surface area contributed by atoms with Gasteiger partial charge in [-0.25, -0.2) is 13.1 Å². The molecule has 0 aliphatic rings. The van der Waals surface area contributed by atoms with Crippen molar-refractivity contribution in [2.24, 2.45) is 0 Å². The summed E-state index contributed by atoms with van der Waals surface area (Å²) in [6, 6.07) is -0.197. The largest absolute Gasteiger partial charge is 0.480 e. The van der Waals surface area contributed by atoms with Gasteiger partial charge in [0.2, 0.25) is 10.0 Å². The number of carbonyl (C=O) groups is 1. The fourth-order valence-electron chi connectivity index (χ4n) is 1.37. The molecule has 0 fully saturated rings. The second-order valence-electron chi connectivity index (χ2n) is 3.95. The summed E-state index contributed by atoms with van der Waals surface area (Å²) in [5, 5.41) is 12.3. The maximum atomic E-state index is 12.0. The molecule has 0 amide bonds. The van der Waals surface area contributed by atoms with E-state index in [-0.39, 0.29) is 17.5 Å². The Morgan fingerprint density at radius 1 is 1.63 bits per heavy atom. The maximum absolute atomic E-state index is 12.0. The highest BCUT2D eigenvalue weighted by Gasteiger charge is 2.19. The van der Waals surface area contributed by atoms with Gasteiger partial charge in [0.05, 0.1) is 6.20 Å². The van der Waals surface area contributed by atoms with E-state index in [1.165, 1.54) is 6.20 Å². The van der Waals surface area contributed by atoms with Crippen molar-refractivity contribution >= 4 is 27.8 Å². The average molecular weight is 307 g/mol. The zero-order chi connectivity index (χ0) is 14.5. The van der Waals surface area contributed by atoms with Crippen LogP contribution in [-0.2, 0) is 21.4 Å². The Labute approximate surface area is 116 Å². The van der Waals surface area contributed by atoms with E-state index in [4.69, 9.17) is 5.11 Å². The lowest BCUT2D eigenvalue weighted by molar-refractivity contribution is -0.137. The molecule has 0 aliphatic carbocycles. The third-order valence-electron chi connectivity index (χ3n) is 2.15. The molecule has 0 aliphatic heterocycles. The highest BCUT2D eigenvalue weighted by Crippen LogP contribution is 2.09. The Bertz CT molecular complexity index is 527. The molecule has 0 spiro atoms. The van der Waals surface area contributed by atoms with E-state index in [0.29, 0.717) is 5.75 Å². The molecule has 9 heteroatoms. The van der Waals surface area contributed by atoms with E-state index < -0.39 is 16.0 Å². The monoisotopic (exact) mass is 307 g/mol. The number of aromatic nitrogens is 2. The Hall–Kier alpha value is -1.06. The number of sulfonamides is 1. The lowest BCUT2D eigenvalue weighted by Gasteiger charge is -2.12. The van der Waals surface area contributed by atoms with E-state index in [9.17, 15) is 13.2 Å². The summed E-state index contributed by atoms with van der Waals surface area (Å²) in [6.07, 6.45) is 2.35. The van der Waals surface area contributed by atoms with Crippen molar-refractivity contribution in [1.29, 1.82) is 0 Å². The van der Waals surface area contributed by atoms with Crippen molar-refractivity contribution in [3.8, 4) is 0 Å². The zero-order valence-electron chi connectivity index (χ0n) is 10.7. The minimum atomic E-state index is -3.64. The van der Waals surface area contributed by atoms with Crippen molar-refractivity contribution in [1.82, 2.24) is 14.5 Å². The number of aliphatic carboxylic acids is 1. The lowest BCUT2D eigenvalue weighted by atomic mass is 10.4. The van der Waals surface area contributed by atoms with Crippen molar-refractivity contribution in [3.63, 3.8) is 0 Å². The van der Waals surface area contributed by atoms with Crippen LogP contribution >= 0.6 is 11.8 Å². The van der Waals surface area contributed by atoms with Gasteiger partial charge in [0.25, 0.3) is 0 Å². The minimum Gasteiger partial charge on any atom is -0.480 e. The summed E-state index contributed by atoms with van der Waals surface area (Å²) in [7, 11) is -3.64. The van der Waals surface area contributed by atoms with Crippen LogP contribution in [0.1, 0.15) is 13.8 Å². The van der Waals surface area contributed by atoms with Gasteiger partial charge in [-0.05, 0) is 12.7 Å². The van der Waals surface area contributed by atoms with E-state index in [2.05, 4.69) is 9.82 Å². The summed E-state index contributed by atoms with van der Waals surface area (Å²) >= 11 is 1.64. The summed E-state index contributed by atoms with van der Waals surface area (Å²) < 4.78 is 27.6. The summed E-state index contributed by atoms with van der Waals surface area (Å²) in [5.74, 6) is 0.523. The predicted octanol–water partition coefficient (Wildman–Crippen LogP) is 0.388. The first-order valence-corrected chi connectivity index (χ1v) is 8.33.